The Morgan fingerprint density at radius 2 is 1.59 bits per heavy atom. The number of hydrogen-bond donors (Lipinski definition) is 1. The van der Waals surface area contributed by atoms with Crippen molar-refractivity contribution >= 4 is 28.1 Å². The fraction of sp³-hybridized carbons (Fsp3) is 0.300. The standard InChI is InChI=1S/C30H22F8N4O2/c31-26(32)19-15-39-42(24-4-2-1-3-20(24)29(33,34)35)25(19)16-13-28(14-16)7-9-41(10-8-28)17-5-6-22-18(11-17)21(30(36,37)38)12-23(40-22)27(43)44/h1-6,11-13,15,26H,7-10,14H2,(H,43,44). The number of carboxylic acids is 1. The normalized spacial score (nSPS) is 16.8. The Morgan fingerprint density at radius 1 is 0.932 bits per heavy atom. The lowest BCUT2D eigenvalue weighted by Gasteiger charge is -2.47. The number of aromatic nitrogens is 3. The first-order chi connectivity index (χ1) is 20.7. The highest BCUT2D eigenvalue weighted by molar-refractivity contribution is 5.93. The molecule has 0 saturated carbocycles. The molecular weight excluding hydrogens is 600 g/mol. The van der Waals surface area contributed by atoms with Crippen LogP contribution in [0, 0.1) is 5.41 Å². The Hall–Kier alpha value is -4.49. The van der Waals surface area contributed by atoms with Crippen molar-refractivity contribution in [1.29, 1.82) is 0 Å². The van der Waals surface area contributed by atoms with Crippen molar-refractivity contribution in [3.63, 3.8) is 0 Å². The second kappa shape index (κ2) is 10.3. The Balaban J connectivity index is 1.27. The molecule has 2 aliphatic rings. The number of halogens is 8. The van der Waals surface area contributed by atoms with Gasteiger partial charge >= 0.3 is 18.3 Å². The highest BCUT2D eigenvalue weighted by Gasteiger charge is 2.43. The summed E-state index contributed by atoms with van der Waals surface area (Å²) in [4.78, 5) is 17.0. The smallest absolute Gasteiger partial charge is 0.418 e. The summed E-state index contributed by atoms with van der Waals surface area (Å²) in [5.41, 5.74) is -3.36. The highest BCUT2D eigenvalue weighted by Crippen LogP contribution is 2.53. The van der Waals surface area contributed by atoms with Crippen molar-refractivity contribution in [3.05, 3.63) is 88.9 Å². The molecule has 0 amide bonds. The number of alkyl halides is 8. The van der Waals surface area contributed by atoms with Crippen LogP contribution < -0.4 is 4.90 Å². The summed E-state index contributed by atoms with van der Waals surface area (Å²) in [6.45, 7) is 0.824. The molecule has 6 nitrogen and oxygen atoms in total. The summed E-state index contributed by atoms with van der Waals surface area (Å²) in [6, 6.07) is 9.34. The second-order valence-corrected chi connectivity index (χ2v) is 10.9. The van der Waals surface area contributed by atoms with E-state index in [0.717, 1.165) is 16.9 Å². The molecule has 6 rings (SSSR count). The number of benzene rings is 2. The van der Waals surface area contributed by atoms with E-state index >= 15 is 0 Å². The van der Waals surface area contributed by atoms with Crippen LogP contribution in [0.2, 0.25) is 0 Å². The van der Waals surface area contributed by atoms with Crippen molar-refractivity contribution in [2.24, 2.45) is 5.41 Å². The number of fused-ring (bicyclic) bond motifs is 1. The van der Waals surface area contributed by atoms with E-state index in [1.165, 1.54) is 30.3 Å². The summed E-state index contributed by atoms with van der Waals surface area (Å²) in [5, 5.41) is 12.8. The molecule has 2 aromatic heterocycles. The Bertz CT molecular complexity index is 1800. The number of aromatic carboxylic acids is 1. The van der Waals surface area contributed by atoms with Crippen molar-refractivity contribution in [3.8, 4) is 5.69 Å². The lowest BCUT2D eigenvalue weighted by molar-refractivity contribution is -0.138. The molecule has 0 unspecified atom stereocenters. The SMILES string of the molecule is O=C(O)c1cc(C(F)(F)F)c2cc(N3CCC4(C=C(c5c(C(F)F)cnn5-c5ccccc5C(F)(F)F)C4)CC3)ccc2n1. The number of pyridine rings is 1. The van der Waals surface area contributed by atoms with Gasteiger partial charge < -0.3 is 10.0 Å². The molecule has 1 fully saturated rings. The first-order valence-electron chi connectivity index (χ1n) is 13.4. The number of piperidine rings is 1. The Morgan fingerprint density at radius 3 is 2.20 bits per heavy atom. The molecule has 1 aliphatic carbocycles. The molecule has 0 bridgehead atoms. The summed E-state index contributed by atoms with van der Waals surface area (Å²) in [6.07, 6.45) is -8.48. The van der Waals surface area contributed by atoms with E-state index in [4.69, 9.17) is 0 Å². The third-order valence-corrected chi connectivity index (χ3v) is 8.24. The van der Waals surface area contributed by atoms with Gasteiger partial charge in [0.15, 0.2) is 0 Å². The van der Waals surface area contributed by atoms with Gasteiger partial charge in [0.2, 0.25) is 0 Å². The minimum atomic E-state index is -4.81. The zero-order valence-corrected chi connectivity index (χ0v) is 22.6. The first-order valence-corrected chi connectivity index (χ1v) is 13.4. The molecule has 0 atom stereocenters. The molecule has 1 N–H and O–H groups in total. The average molecular weight is 623 g/mol. The van der Waals surface area contributed by atoms with E-state index in [0.29, 0.717) is 49.7 Å². The number of hydrogen-bond acceptors (Lipinski definition) is 4. The summed E-state index contributed by atoms with van der Waals surface area (Å²) in [5.74, 6) is -1.58. The second-order valence-electron chi connectivity index (χ2n) is 10.9. The average Bonchev–Trinajstić information content (AvgIpc) is 3.39. The van der Waals surface area contributed by atoms with Crippen LogP contribution in [0.25, 0.3) is 22.2 Å². The molecule has 1 spiro atoms. The van der Waals surface area contributed by atoms with Crippen molar-refractivity contribution in [2.45, 2.75) is 38.0 Å². The minimum Gasteiger partial charge on any atom is -0.477 e. The van der Waals surface area contributed by atoms with Gasteiger partial charge in [0.25, 0.3) is 6.43 Å². The Kier molecular flexibility index (Phi) is 6.93. The summed E-state index contributed by atoms with van der Waals surface area (Å²) >= 11 is 0. The summed E-state index contributed by atoms with van der Waals surface area (Å²) in [7, 11) is 0. The summed E-state index contributed by atoms with van der Waals surface area (Å²) < 4.78 is 111. The van der Waals surface area contributed by atoms with Crippen LogP contribution in [0.5, 0.6) is 0 Å². The van der Waals surface area contributed by atoms with Crippen LogP contribution in [0.3, 0.4) is 0 Å². The molecular formula is C30H22F8N4O2. The van der Waals surface area contributed by atoms with E-state index in [1.54, 1.807) is 12.1 Å². The molecule has 1 aliphatic heterocycles. The number of rotatable bonds is 5. The maximum atomic E-state index is 13.9. The van der Waals surface area contributed by atoms with E-state index in [2.05, 4.69) is 10.1 Å². The van der Waals surface area contributed by atoms with Crippen LogP contribution in [-0.4, -0.2) is 38.9 Å². The predicted molar refractivity (Wildman–Crippen MR) is 144 cm³/mol. The van der Waals surface area contributed by atoms with Crippen molar-refractivity contribution in [1.82, 2.24) is 14.8 Å². The monoisotopic (exact) mass is 622 g/mol. The lowest BCUT2D eigenvalue weighted by Crippen LogP contribution is -2.42. The largest absolute Gasteiger partial charge is 0.477 e. The van der Waals surface area contributed by atoms with E-state index in [9.17, 15) is 45.0 Å². The topological polar surface area (TPSA) is 71.2 Å². The van der Waals surface area contributed by atoms with Gasteiger partial charge in [0, 0.05) is 24.2 Å². The van der Waals surface area contributed by atoms with Crippen LogP contribution in [0.15, 0.2) is 60.8 Å². The predicted octanol–water partition coefficient (Wildman–Crippen LogP) is 8.17. The molecule has 4 aromatic rings. The molecule has 2 aromatic carbocycles. The van der Waals surface area contributed by atoms with Crippen molar-refractivity contribution in [2.75, 3.05) is 18.0 Å². The van der Waals surface area contributed by atoms with Crippen LogP contribution >= 0.6 is 0 Å². The minimum absolute atomic E-state index is 0.0767. The maximum absolute atomic E-state index is 13.9. The number of anilines is 1. The molecule has 3 heterocycles. The number of carbonyl (C=O) groups is 1. The van der Waals surface area contributed by atoms with Gasteiger partial charge in [-0.2, -0.15) is 31.4 Å². The van der Waals surface area contributed by atoms with Crippen LogP contribution in [0.1, 0.15) is 58.6 Å². The van der Waals surface area contributed by atoms with Gasteiger partial charge in [-0.15, -0.1) is 0 Å². The van der Waals surface area contributed by atoms with Gasteiger partial charge in [-0.25, -0.2) is 23.2 Å². The third-order valence-electron chi connectivity index (χ3n) is 8.24. The zero-order valence-electron chi connectivity index (χ0n) is 22.6. The van der Waals surface area contributed by atoms with Crippen LogP contribution in [-0.2, 0) is 12.4 Å². The zero-order chi connectivity index (χ0) is 31.6. The molecule has 44 heavy (non-hydrogen) atoms. The molecule has 0 radical (unpaired) electrons. The van der Waals surface area contributed by atoms with E-state index in [-0.39, 0.29) is 22.3 Å². The van der Waals surface area contributed by atoms with Gasteiger partial charge in [-0.05, 0) is 66.6 Å². The number of nitrogens with zero attached hydrogens (tertiary/aromatic N) is 4. The van der Waals surface area contributed by atoms with Gasteiger partial charge in [-0.3, -0.25) is 0 Å². The molecule has 1 saturated heterocycles. The fourth-order valence-electron chi connectivity index (χ4n) is 6.08. The van der Waals surface area contributed by atoms with Gasteiger partial charge in [0.05, 0.1) is 39.8 Å². The maximum Gasteiger partial charge on any atom is 0.418 e. The first kappa shape index (κ1) is 29.6. The van der Waals surface area contributed by atoms with E-state index < -0.39 is 52.5 Å². The molecule has 230 valence electrons. The number of para-hydroxylation sites is 1. The molecule has 14 heteroatoms. The van der Waals surface area contributed by atoms with Crippen LogP contribution in [0.4, 0.5) is 40.8 Å². The van der Waals surface area contributed by atoms with Gasteiger partial charge in [0.1, 0.15) is 5.69 Å². The quantitative estimate of drug-likeness (QED) is 0.228. The van der Waals surface area contributed by atoms with Crippen molar-refractivity contribution < 1.29 is 45.0 Å². The fourth-order valence-corrected chi connectivity index (χ4v) is 6.08. The Labute approximate surface area is 244 Å². The highest BCUT2D eigenvalue weighted by atomic mass is 19.4. The van der Waals surface area contributed by atoms with Gasteiger partial charge in [-0.1, -0.05) is 18.2 Å². The van der Waals surface area contributed by atoms with E-state index in [1.807, 2.05) is 4.90 Å². The lowest BCUT2D eigenvalue weighted by atomic mass is 9.64. The third kappa shape index (κ3) is 5.15. The number of carboxylic acid groups (broad SMARTS) is 1. The number of allylic oxidation sites excluding steroid dienone is 2.